The fraction of sp³-hybridized carbons (Fsp3) is 0.467. The van der Waals surface area contributed by atoms with Crippen LogP contribution in [0.15, 0.2) is 23.4 Å². The van der Waals surface area contributed by atoms with Gasteiger partial charge in [0.2, 0.25) is 5.91 Å². The van der Waals surface area contributed by atoms with Gasteiger partial charge in [0.25, 0.3) is 0 Å². The molecule has 6 heteroatoms. The van der Waals surface area contributed by atoms with Crippen molar-refractivity contribution in [2.75, 3.05) is 12.9 Å². The molecule has 1 saturated carbocycles. The number of benzene rings is 1. The van der Waals surface area contributed by atoms with Crippen molar-refractivity contribution in [1.29, 1.82) is 0 Å². The first-order valence-electron chi connectivity index (χ1n) is 7.20. The van der Waals surface area contributed by atoms with E-state index in [4.69, 9.17) is 4.74 Å². The minimum atomic E-state index is 0.0879. The molecule has 1 aromatic heterocycles. The summed E-state index contributed by atoms with van der Waals surface area (Å²) in [7, 11) is 1.64. The van der Waals surface area contributed by atoms with Crippen LogP contribution in [-0.4, -0.2) is 34.8 Å². The second kappa shape index (κ2) is 6.39. The Labute approximate surface area is 127 Å². The van der Waals surface area contributed by atoms with E-state index in [1.165, 1.54) is 24.6 Å². The lowest BCUT2D eigenvalue weighted by Gasteiger charge is -2.10. The predicted octanol–water partition coefficient (Wildman–Crippen LogP) is 2.72. The molecule has 1 heterocycles. The van der Waals surface area contributed by atoms with Crippen LogP contribution in [0.1, 0.15) is 25.7 Å². The molecule has 1 aliphatic rings. The van der Waals surface area contributed by atoms with Gasteiger partial charge in [-0.15, -0.1) is 0 Å². The zero-order valence-corrected chi connectivity index (χ0v) is 12.8. The predicted molar refractivity (Wildman–Crippen MR) is 83.8 cm³/mol. The van der Waals surface area contributed by atoms with E-state index in [1.807, 2.05) is 18.2 Å². The first-order chi connectivity index (χ1) is 10.2. The van der Waals surface area contributed by atoms with Crippen LogP contribution in [0.4, 0.5) is 0 Å². The number of rotatable bonds is 5. The van der Waals surface area contributed by atoms with Gasteiger partial charge in [-0.05, 0) is 25.0 Å². The van der Waals surface area contributed by atoms with Gasteiger partial charge in [-0.1, -0.05) is 24.6 Å². The summed E-state index contributed by atoms with van der Waals surface area (Å²) >= 11 is 1.43. The van der Waals surface area contributed by atoms with E-state index in [2.05, 4.69) is 15.3 Å². The molecule has 112 valence electrons. The number of imidazole rings is 1. The van der Waals surface area contributed by atoms with Gasteiger partial charge >= 0.3 is 0 Å². The zero-order chi connectivity index (χ0) is 14.7. The average Bonchev–Trinajstić information content (AvgIpc) is 3.12. The normalized spacial score (nSPS) is 15.5. The Morgan fingerprint density at radius 2 is 2.29 bits per heavy atom. The van der Waals surface area contributed by atoms with E-state index >= 15 is 0 Å². The number of nitrogens with zero attached hydrogens (tertiary/aromatic N) is 1. The van der Waals surface area contributed by atoms with Gasteiger partial charge in [-0.25, -0.2) is 4.98 Å². The summed E-state index contributed by atoms with van der Waals surface area (Å²) in [5.74, 6) is 1.28. The first-order valence-corrected chi connectivity index (χ1v) is 8.19. The van der Waals surface area contributed by atoms with Crippen molar-refractivity contribution in [2.45, 2.75) is 36.9 Å². The molecule has 2 N–H and O–H groups in total. The van der Waals surface area contributed by atoms with Crippen LogP contribution in [0, 0.1) is 0 Å². The van der Waals surface area contributed by atoms with Crippen molar-refractivity contribution < 1.29 is 9.53 Å². The molecule has 2 aromatic rings. The highest BCUT2D eigenvalue weighted by molar-refractivity contribution is 7.99. The number of hydrogen-bond acceptors (Lipinski definition) is 4. The highest BCUT2D eigenvalue weighted by atomic mass is 32.2. The van der Waals surface area contributed by atoms with Crippen LogP contribution in [0.25, 0.3) is 11.0 Å². The third-order valence-corrected chi connectivity index (χ3v) is 4.60. The number of H-pyrrole nitrogens is 1. The van der Waals surface area contributed by atoms with E-state index in [-0.39, 0.29) is 5.91 Å². The minimum Gasteiger partial charge on any atom is -0.497 e. The SMILES string of the molecule is COc1ccc2nc(SCC(=O)NC3CCCC3)[nH]c2c1. The van der Waals surface area contributed by atoms with E-state index in [0.717, 1.165) is 34.8 Å². The standard InChI is InChI=1S/C15H19N3O2S/c1-20-11-6-7-12-13(8-11)18-15(17-12)21-9-14(19)16-10-4-2-3-5-10/h6-8,10H,2-5,9H2,1H3,(H,16,19)(H,17,18). The topological polar surface area (TPSA) is 67.0 Å². The highest BCUT2D eigenvalue weighted by Crippen LogP contribution is 2.23. The molecule has 0 unspecified atom stereocenters. The summed E-state index contributed by atoms with van der Waals surface area (Å²) in [4.78, 5) is 19.6. The van der Waals surface area contributed by atoms with Crippen molar-refractivity contribution in [1.82, 2.24) is 15.3 Å². The number of aromatic nitrogens is 2. The molecule has 5 nitrogen and oxygen atoms in total. The Hall–Kier alpha value is -1.69. The van der Waals surface area contributed by atoms with Crippen molar-refractivity contribution in [3.8, 4) is 5.75 Å². The highest BCUT2D eigenvalue weighted by Gasteiger charge is 2.17. The quantitative estimate of drug-likeness (QED) is 0.834. The molecule has 1 aliphatic carbocycles. The van der Waals surface area contributed by atoms with Gasteiger partial charge in [0.05, 0.1) is 23.9 Å². The van der Waals surface area contributed by atoms with E-state index in [0.29, 0.717) is 11.8 Å². The van der Waals surface area contributed by atoms with Crippen LogP contribution >= 0.6 is 11.8 Å². The van der Waals surface area contributed by atoms with Gasteiger partial charge < -0.3 is 15.0 Å². The van der Waals surface area contributed by atoms with Crippen molar-refractivity contribution in [3.63, 3.8) is 0 Å². The maximum atomic E-state index is 11.9. The Balaban J connectivity index is 1.58. The van der Waals surface area contributed by atoms with Crippen molar-refractivity contribution >= 4 is 28.7 Å². The minimum absolute atomic E-state index is 0.0879. The lowest BCUT2D eigenvalue weighted by molar-refractivity contribution is -0.119. The molecular weight excluding hydrogens is 286 g/mol. The number of hydrogen-bond donors (Lipinski definition) is 2. The number of fused-ring (bicyclic) bond motifs is 1. The number of nitrogens with one attached hydrogen (secondary N) is 2. The molecule has 1 amide bonds. The summed E-state index contributed by atoms with van der Waals surface area (Å²) in [5, 5.41) is 3.84. The van der Waals surface area contributed by atoms with E-state index in [1.54, 1.807) is 7.11 Å². The van der Waals surface area contributed by atoms with E-state index < -0.39 is 0 Å². The third-order valence-electron chi connectivity index (χ3n) is 3.73. The third kappa shape index (κ3) is 3.50. The Bertz CT molecular complexity index is 635. The molecule has 0 radical (unpaired) electrons. The number of amides is 1. The Kier molecular flexibility index (Phi) is 4.34. The molecular formula is C15H19N3O2S. The van der Waals surface area contributed by atoms with Crippen LogP contribution < -0.4 is 10.1 Å². The van der Waals surface area contributed by atoms with Gasteiger partial charge in [-0.3, -0.25) is 4.79 Å². The molecule has 0 aliphatic heterocycles. The maximum Gasteiger partial charge on any atom is 0.230 e. The Morgan fingerprint density at radius 3 is 3.05 bits per heavy atom. The molecule has 1 aromatic carbocycles. The second-order valence-corrected chi connectivity index (χ2v) is 6.23. The monoisotopic (exact) mass is 305 g/mol. The summed E-state index contributed by atoms with van der Waals surface area (Å²) in [5.41, 5.74) is 1.81. The smallest absolute Gasteiger partial charge is 0.230 e. The van der Waals surface area contributed by atoms with Crippen LogP contribution in [-0.2, 0) is 4.79 Å². The van der Waals surface area contributed by atoms with Crippen LogP contribution in [0.3, 0.4) is 0 Å². The van der Waals surface area contributed by atoms with Crippen molar-refractivity contribution in [3.05, 3.63) is 18.2 Å². The molecule has 0 bridgehead atoms. The number of carbonyl (C=O) groups is 1. The number of carbonyl (C=O) groups excluding carboxylic acids is 1. The summed E-state index contributed by atoms with van der Waals surface area (Å²) in [6.07, 6.45) is 4.68. The maximum absolute atomic E-state index is 11.9. The fourth-order valence-corrected chi connectivity index (χ4v) is 3.33. The first kappa shape index (κ1) is 14.3. The van der Waals surface area contributed by atoms with Crippen LogP contribution in [0.2, 0.25) is 0 Å². The second-order valence-electron chi connectivity index (χ2n) is 5.26. The largest absolute Gasteiger partial charge is 0.497 e. The zero-order valence-electron chi connectivity index (χ0n) is 12.0. The lowest BCUT2D eigenvalue weighted by Crippen LogP contribution is -2.33. The van der Waals surface area contributed by atoms with Gasteiger partial charge in [-0.2, -0.15) is 0 Å². The summed E-state index contributed by atoms with van der Waals surface area (Å²) in [6, 6.07) is 6.07. The number of thioether (sulfide) groups is 1. The molecule has 0 spiro atoms. The van der Waals surface area contributed by atoms with Gasteiger partial charge in [0, 0.05) is 12.1 Å². The molecule has 3 rings (SSSR count). The molecule has 1 fully saturated rings. The molecule has 21 heavy (non-hydrogen) atoms. The Morgan fingerprint density at radius 1 is 1.48 bits per heavy atom. The molecule has 0 saturated heterocycles. The number of aromatic amines is 1. The van der Waals surface area contributed by atoms with Gasteiger partial charge in [0.15, 0.2) is 5.16 Å². The van der Waals surface area contributed by atoms with Gasteiger partial charge in [0.1, 0.15) is 5.75 Å². The lowest BCUT2D eigenvalue weighted by atomic mass is 10.2. The number of ether oxygens (including phenoxy) is 1. The summed E-state index contributed by atoms with van der Waals surface area (Å²) in [6.45, 7) is 0. The number of methoxy groups -OCH3 is 1. The van der Waals surface area contributed by atoms with E-state index in [9.17, 15) is 4.79 Å². The average molecular weight is 305 g/mol. The van der Waals surface area contributed by atoms with Crippen molar-refractivity contribution in [2.24, 2.45) is 0 Å². The summed E-state index contributed by atoms with van der Waals surface area (Å²) < 4.78 is 5.19. The molecule has 0 atom stereocenters. The fourth-order valence-electron chi connectivity index (χ4n) is 2.63. The van der Waals surface area contributed by atoms with Crippen LogP contribution in [0.5, 0.6) is 5.75 Å².